The second-order valence-corrected chi connectivity index (χ2v) is 28.7. The third-order valence-corrected chi connectivity index (χ3v) is 23.0. The molecule has 9 saturated carbocycles. The molecule has 6 atom stereocenters. The van der Waals surface area contributed by atoms with E-state index in [9.17, 15) is 10.2 Å². The van der Waals surface area contributed by atoms with Gasteiger partial charge in [0.2, 0.25) is 0 Å². The number of aromatic hydroxyl groups is 2. The largest absolute Gasteiger partial charge is 0.507 e. The fraction of sp³-hybridized carbons (Fsp3) is 0.793. The fourth-order valence-electron chi connectivity index (χ4n) is 17.3. The van der Waals surface area contributed by atoms with Gasteiger partial charge in [0.05, 0.1) is 0 Å². The van der Waals surface area contributed by atoms with Gasteiger partial charge in [0.15, 0.2) is 0 Å². The minimum absolute atomic E-state index is 0.0283. The third kappa shape index (κ3) is 8.07. The molecule has 344 valence electrons. The monoisotopic (exact) mass is 881 g/mol. The molecule has 5 unspecified atom stereocenters. The van der Waals surface area contributed by atoms with E-state index in [0.29, 0.717) is 43.7 Å². The zero-order valence-electron chi connectivity index (χ0n) is 41.3. The number of phenols is 2. The molecule has 0 radical (unpaired) electrons. The number of benzene rings is 2. The summed E-state index contributed by atoms with van der Waals surface area (Å²) in [4.78, 5) is 0. The van der Waals surface area contributed by atoms with Crippen LogP contribution >= 0.6 is 23.5 Å². The lowest BCUT2D eigenvalue weighted by molar-refractivity contribution is -0.130. The van der Waals surface area contributed by atoms with Crippen LogP contribution in [0.3, 0.4) is 0 Å². The summed E-state index contributed by atoms with van der Waals surface area (Å²) in [5, 5.41) is 26.4. The van der Waals surface area contributed by atoms with Crippen LogP contribution in [0.25, 0.3) is 0 Å². The second kappa shape index (κ2) is 16.2. The Morgan fingerprint density at radius 2 is 0.823 bits per heavy atom. The van der Waals surface area contributed by atoms with E-state index in [1.54, 1.807) is 0 Å². The highest BCUT2D eigenvalue weighted by molar-refractivity contribution is 8.03. The van der Waals surface area contributed by atoms with Crippen molar-refractivity contribution < 1.29 is 10.2 Å². The summed E-state index contributed by atoms with van der Waals surface area (Å²) in [5.74, 6) is 4.69. The van der Waals surface area contributed by atoms with E-state index in [1.165, 1.54) is 175 Å². The highest BCUT2D eigenvalue weighted by Gasteiger charge is 2.64. The zero-order chi connectivity index (χ0) is 44.1. The number of hydrogen-bond acceptors (Lipinski definition) is 4. The normalized spacial score (nSPS) is 39.0. The summed E-state index contributed by atoms with van der Waals surface area (Å²) in [5.41, 5.74) is 9.93. The first-order chi connectivity index (χ1) is 29.2. The maximum Gasteiger partial charge on any atom is 0.123 e. The Hall–Kier alpha value is -1.26. The summed E-state index contributed by atoms with van der Waals surface area (Å²) in [7, 11) is 0. The van der Waals surface area contributed by atoms with Crippen molar-refractivity contribution in [3.8, 4) is 11.5 Å². The number of rotatable bonds is 12. The molecule has 0 spiro atoms. The average Bonchev–Trinajstić information content (AvgIpc) is 3.19. The SMILES string of the molecule is CCC12CC3CC(CC)(C1)CC(c1cc(C(C)(C)C)cc(CSC4CCCCCC[C@@H]4SCc4cc(C(C)(C)C)cc(C56CC7CC(CC)(CC(CC)(C7)C5)C6)c4O)c1O)(C3)C2. The first-order valence-corrected chi connectivity index (χ1v) is 28.3. The molecular weight excluding hydrogens is 793 g/mol. The Balaban J connectivity index is 1.01. The van der Waals surface area contributed by atoms with Crippen LogP contribution in [-0.4, -0.2) is 20.7 Å². The molecule has 62 heavy (non-hydrogen) atoms. The van der Waals surface area contributed by atoms with Gasteiger partial charge in [-0.1, -0.05) is 145 Å². The lowest BCUT2D eigenvalue weighted by atomic mass is 9.37. The number of phenolic OH excluding ortho intramolecular Hbond substituents is 2. The van der Waals surface area contributed by atoms with Crippen LogP contribution < -0.4 is 0 Å². The lowest BCUT2D eigenvalue weighted by Gasteiger charge is -2.67. The van der Waals surface area contributed by atoms with Gasteiger partial charge in [-0.25, -0.2) is 0 Å². The molecule has 0 aliphatic heterocycles. The average molecular weight is 881 g/mol. The molecule has 0 aromatic heterocycles. The highest BCUT2D eigenvalue weighted by atomic mass is 32.2. The molecule has 2 aromatic carbocycles. The molecule has 4 heteroatoms. The summed E-state index contributed by atoms with van der Waals surface area (Å²) in [6.45, 7) is 24.1. The number of hydrogen-bond donors (Lipinski definition) is 2. The first-order valence-electron chi connectivity index (χ1n) is 26.2. The van der Waals surface area contributed by atoms with Crippen LogP contribution in [0.5, 0.6) is 11.5 Å². The highest BCUT2D eigenvalue weighted by Crippen LogP contribution is 2.74. The Labute approximate surface area is 388 Å². The standard InChI is InChI=1S/C58H88O2S2/c1-11-53-25-39-26-54(12-2,33-53)36-57(29-39,35-53)45-23-43(51(5,6)7)21-41(49(45)59)31-61-47-19-17-15-16-18-20-48(47)62-32-42-22-44(52(8,9)10)24-46(50(42)60)58-30-40-27-55(13-3,37-58)34-56(14-4,28-40)38-58/h21-24,39-40,47-48,59-60H,11-20,25-38H2,1-10H3/t39?,40?,47-,48?,53?,54?,55?,56?,57?,58?/m0/s1. The van der Waals surface area contributed by atoms with Crippen molar-refractivity contribution in [2.24, 2.45) is 33.5 Å². The van der Waals surface area contributed by atoms with Crippen molar-refractivity contribution >= 4 is 23.5 Å². The van der Waals surface area contributed by atoms with Gasteiger partial charge in [0.1, 0.15) is 11.5 Å². The predicted octanol–water partition coefficient (Wildman–Crippen LogP) is 17.0. The topological polar surface area (TPSA) is 40.5 Å². The molecule has 9 fully saturated rings. The van der Waals surface area contributed by atoms with Crippen LogP contribution in [0.4, 0.5) is 0 Å². The van der Waals surface area contributed by atoms with Crippen molar-refractivity contribution in [3.05, 3.63) is 57.6 Å². The van der Waals surface area contributed by atoms with Crippen LogP contribution in [0.1, 0.15) is 244 Å². The lowest BCUT2D eigenvalue weighted by Crippen LogP contribution is -2.58. The molecule has 2 nitrogen and oxygen atoms in total. The van der Waals surface area contributed by atoms with Gasteiger partial charge < -0.3 is 10.2 Å². The molecular formula is C58H88O2S2. The molecule has 0 heterocycles. The van der Waals surface area contributed by atoms with Crippen molar-refractivity contribution in [3.63, 3.8) is 0 Å². The summed E-state index contributed by atoms with van der Waals surface area (Å²) < 4.78 is 0. The van der Waals surface area contributed by atoms with E-state index < -0.39 is 0 Å². The Bertz CT molecular complexity index is 1800. The molecule has 9 aliphatic rings. The minimum Gasteiger partial charge on any atom is -0.507 e. The Kier molecular flexibility index (Phi) is 12.0. The molecule has 11 rings (SSSR count). The zero-order valence-corrected chi connectivity index (χ0v) is 42.9. The Morgan fingerprint density at radius 1 is 0.484 bits per heavy atom. The van der Waals surface area contributed by atoms with Crippen molar-refractivity contribution in [1.82, 2.24) is 0 Å². The van der Waals surface area contributed by atoms with Crippen LogP contribution in [-0.2, 0) is 33.2 Å². The molecule has 2 N–H and O–H groups in total. The van der Waals surface area contributed by atoms with Gasteiger partial charge in [0.25, 0.3) is 0 Å². The van der Waals surface area contributed by atoms with Crippen molar-refractivity contribution in [2.45, 2.75) is 254 Å². The van der Waals surface area contributed by atoms with Crippen LogP contribution in [0.15, 0.2) is 24.3 Å². The van der Waals surface area contributed by atoms with E-state index in [2.05, 4.69) is 117 Å². The minimum atomic E-state index is 0.0283. The third-order valence-electron chi connectivity index (χ3n) is 19.9. The fourth-order valence-corrected chi connectivity index (χ4v) is 20.4. The molecule has 0 saturated heterocycles. The smallest absolute Gasteiger partial charge is 0.123 e. The molecule has 0 amide bonds. The summed E-state index contributed by atoms with van der Waals surface area (Å²) in [6.07, 6.45) is 29.0. The van der Waals surface area contributed by atoms with Crippen molar-refractivity contribution in [1.29, 1.82) is 0 Å². The maximum absolute atomic E-state index is 12.7. The first kappa shape index (κ1) is 45.9. The van der Waals surface area contributed by atoms with Crippen molar-refractivity contribution in [2.75, 3.05) is 0 Å². The van der Waals surface area contributed by atoms with Gasteiger partial charge in [0, 0.05) is 55.1 Å². The van der Waals surface area contributed by atoms with E-state index in [-0.39, 0.29) is 21.7 Å². The van der Waals surface area contributed by atoms with Gasteiger partial charge in [-0.15, -0.1) is 0 Å². The summed E-state index contributed by atoms with van der Waals surface area (Å²) >= 11 is 4.31. The van der Waals surface area contributed by atoms with Gasteiger partial charge in [-0.2, -0.15) is 23.5 Å². The van der Waals surface area contributed by atoms with Crippen LogP contribution in [0.2, 0.25) is 0 Å². The van der Waals surface area contributed by atoms with E-state index in [0.717, 1.165) is 23.3 Å². The Morgan fingerprint density at radius 3 is 1.13 bits per heavy atom. The quantitative estimate of drug-likeness (QED) is 0.223. The second-order valence-electron chi connectivity index (χ2n) is 26.2. The van der Waals surface area contributed by atoms with Crippen LogP contribution in [0, 0.1) is 33.5 Å². The number of thioether (sulfide) groups is 2. The van der Waals surface area contributed by atoms with Gasteiger partial charge in [-0.05, 0) is 145 Å². The molecule has 8 bridgehead atoms. The van der Waals surface area contributed by atoms with Gasteiger partial charge >= 0.3 is 0 Å². The van der Waals surface area contributed by atoms with E-state index in [4.69, 9.17) is 0 Å². The van der Waals surface area contributed by atoms with E-state index >= 15 is 0 Å². The van der Waals surface area contributed by atoms with Gasteiger partial charge in [-0.3, -0.25) is 0 Å². The summed E-state index contributed by atoms with van der Waals surface area (Å²) in [6, 6.07) is 9.82. The molecule has 2 aromatic rings. The predicted molar refractivity (Wildman–Crippen MR) is 268 cm³/mol. The van der Waals surface area contributed by atoms with E-state index in [1.807, 2.05) is 0 Å². The maximum atomic E-state index is 12.7. The molecule has 9 aliphatic carbocycles.